The quantitative estimate of drug-likeness (QED) is 0.311. The van der Waals surface area contributed by atoms with E-state index in [1.54, 1.807) is 0 Å². The molecule has 1 atom stereocenters. The van der Waals surface area contributed by atoms with Gasteiger partial charge in [-0.15, -0.1) is 35.3 Å². The van der Waals surface area contributed by atoms with Gasteiger partial charge in [-0.2, -0.15) is 0 Å². The SMILES string of the molecule is CCNC(=NCCc1ncc(CC)s1)N1CCC(OCC2CCCCO2)CC1.I. The predicted molar refractivity (Wildman–Crippen MR) is 131 cm³/mol. The third-order valence-corrected chi connectivity index (χ3v) is 6.61. The number of aliphatic imine (C=N–C) groups is 1. The molecule has 0 aliphatic carbocycles. The Hall–Kier alpha value is -0.450. The summed E-state index contributed by atoms with van der Waals surface area (Å²) in [6.07, 6.45) is 10.4. The summed E-state index contributed by atoms with van der Waals surface area (Å²) in [5, 5.41) is 4.64. The van der Waals surface area contributed by atoms with Gasteiger partial charge in [0.2, 0.25) is 0 Å². The fourth-order valence-electron chi connectivity index (χ4n) is 3.73. The van der Waals surface area contributed by atoms with Crippen LogP contribution in [0.15, 0.2) is 11.2 Å². The number of guanidine groups is 1. The van der Waals surface area contributed by atoms with Gasteiger partial charge in [-0.1, -0.05) is 6.92 Å². The van der Waals surface area contributed by atoms with Crippen LogP contribution in [0.5, 0.6) is 0 Å². The lowest BCUT2D eigenvalue weighted by Crippen LogP contribution is -2.47. The van der Waals surface area contributed by atoms with E-state index in [0.717, 1.165) is 77.5 Å². The van der Waals surface area contributed by atoms with Crippen LogP contribution in [0.1, 0.15) is 55.8 Å². The second-order valence-electron chi connectivity index (χ2n) is 7.57. The highest BCUT2D eigenvalue weighted by Crippen LogP contribution is 2.18. The minimum Gasteiger partial charge on any atom is -0.376 e. The highest BCUT2D eigenvalue weighted by Gasteiger charge is 2.23. The molecule has 2 saturated heterocycles. The Morgan fingerprint density at radius 2 is 2.14 bits per heavy atom. The van der Waals surface area contributed by atoms with Gasteiger partial charge in [-0.25, -0.2) is 4.98 Å². The normalized spacial score (nSPS) is 21.1. The monoisotopic (exact) mass is 536 g/mol. The standard InChI is InChI=1S/C21H36N4O2S.HI/c1-3-19-15-24-20(28-19)8-11-23-21(22-4-2)25-12-9-17(10-13-25)27-16-18-7-5-6-14-26-18;/h15,17-18H,3-14,16H2,1-2H3,(H,22,23);1H. The maximum atomic E-state index is 6.14. The number of rotatable bonds is 8. The minimum atomic E-state index is 0. The van der Waals surface area contributed by atoms with Crippen LogP contribution < -0.4 is 5.32 Å². The Labute approximate surface area is 196 Å². The van der Waals surface area contributed by atoms with Crippen LogP contribution in [0, 0.1) is 0 Å². The molecule has 1 aromatic rings. The summed E-state index contributed by atoms with van der Waals surface area (Å²) in [4.78, 5) is 13.1. The van der Waals surface area contributed by atoms with Gasteiger partial charge in [0.25, 0.3) is 0 Å². The number of aryl methyl sites for hydroxylation is 1. The molecule has 0 bridgehead atoms. The number of piperidine rings is 1. The van der Waals surface area contributed by atoms with Crippen molar-refractivity contribution in [3.8, 4) is 0 Å². The van der Waals surface area contributed by atoms with Crippen molar-refractivity contribution < 1.29 is 9.47 Å². The first-order valence-electron chi connectivity index (χ1n) is 11.0. The highest BCUT2D eigenvalue weighted by atomic mass is 127. The van der Waals surface area contributed by atoms with Crippen molar-refractivity contribution in [2.75, 3.05) is 39.4 Å². The summed E-state index contributed by atoms with van der Waals surface area (Å²) < 4.78 is 11.9. The van der Waals surface area contributed by atoms with E-state index >= 15 is 0 Å². The number of likely N-dealkylation sites (tertiary alicyclic amines) is 1. The molecule has 8 heteroatoms. The molecule has 1 N–H and O–H groups in total. The van der Waals surface area contributed by atoms with Crippen LogP contribution in [0.3, 0.4) is 0 Å². The fraction of sp³-hybridized carbons (Fsp3) is 0.810. The van der Waals surface area contributed by atoms with E-state index in [9.17, 15) is 0 Å². The zero-order chi connectivity index (χ0) is 19.6. The molecule has 0 spiro atoms. The molecule has 3 heterocycles. The maximum Gasteiger partial charge on any atom is 0.193 e. The smallest absolute Gasteiger partial charge is 0.193 e. The number of ether oxygens (including phenoxy) is 2. The van der Waals surface area contributed by atoms with Crippen LogP contribution in [0.25, 0.3) is 0 Å². The van der Waals surface area contributed by atoms with Crippen molar-refractivity contribution in [1.29, 1.82) is 0 Å². The molecule has 0 aromatic carbocycles. The van der Waals surface area contributed by atoms with Crippen LogP contribution in [-0.2, 0) is 22.3 Å². The van der Waals surface area contributed by atoms with Crippen molar-refractivity contribution in [3.05, 3.63) is 16.1 Å². The van der Waals surface area contributed by atoms with Crippen molar-refractivity contribution in [1.82, 2.24) is 15.2 Å². The van der Waals surface area contributed by atoms with Gasteiger partial charge in [0.05, 0.1) is 23.8 Å². The Kier molecular flexibility index (Phi) is 11.8. The molecule has 3 rings (SSSR count). The number of halogens is 1. The lowest BCUT2D eigenvalue weighted by atomic mass is 10.1. The van der Waals surface area contributed by atoms with Gasteiger partial charge in [-0.3, -0.25) is 4.99 Å². The van der Waals surface area contributed by atoms with Crippen molar-refractivity contribution >= 4 is 41.3 Å². The average molecular weight is 537 g/mol. The van der Waals surface area contributed by atoms with Crippen molar-refractivity contribution in [3.63, 3.8) is 0 Å². The van der Waals surface area contributed by atoms with Gasteiger partial charge >= 0.3 is 0 Å². The van der Waals surface area contributed by atoms with E-state index in [4.69, 9.17) is 14.5 Å². The molecule has 0 amide bonds. The molecule has 2 aliphatic rings. The van der Waals surface area contributed by atoms with Crippen LogP contribution >= 0.6 is 35.3 Å². The summed E-state index contributed by atoms with van der Waals surface area (Å²) >= 11 is 1.81. The fourth-order valence-corrected chi connectivity index (χ4v) is 4.58. The third kappa shape index (κ3) is 8.30. The molecule has 0 saturated carbocycles. The molecular formula is C21H37IN4O2S. The molecule has 2 fully saturated rings. The van der Waals surface area contributed by atoms with Crippen LogP contribution in [0.2, 0.25) is 0 Å². The van der Waals surface area contributed by atoms with Crippen molar-refractivity contribution in [2.24, 2.45) is 4.99 Å². The summed E-state index contributed by atoms with van der Waals surface area (Å²) in [5.41, 5.74) is 0. The first-order valence-corrected chi connectivity index (χ1v) is 11.8. The molecule has 6 nitrogen and oxygen atoms in total. The van der Waals surface area contributed by atoms with E-state index in [1.165, 1.54) is 22.7 Å². The van der Waals surface area contributed by atoms with E-state index in [-0.39, 0.29) is 24.0 Å². The van der Waals surface area contributed by atoms with Gasteiger partial charge in [0.1, 0.15) is 0 Å². The average Bonchev–Trinajstić information content (AvgIpc) is 3.21. The first kappa shape index (κ1) is 24.8. The Balaban J connectivity index is 0.00000300. The van der Waals surface area contributed by atoms with Gasteiger partial charge in [0, 0.05) is 50.3 Å². The predicted octanol–water partition coefficient (Wildman–Crippen LogP) is 3.88. The van der Waals surface area contributed by atoms with E-state index in [1.807, 2.05) is 17.5 Å². The topological polar surface area (TPSA) is 59.0 Å². The van der Waals surface area contributed by atoms with Gasteiger partial charge in [-0.05, 0) is 45.4 Å². The molecule has 1 aromatic heterocycles. The first-order chi connectivity index (χ1) is 13.8. The summed E-state index contributed by atoms with van der Waals surface area (Å²) in [6.45, 7) is 9.64. The molecule has 29 heavy (non-hydrogen) atoms. The minimum absolute atomic E-state index is 0. The summed E-state index contributed by atoms with van der Waals surface area (Å²) in [6, 6.07) is 0. The maximum absolute atomic E-state index is 6.14. The number of hydrogen-bond donors (Lipinski definition) is 1. The molecule has 166 valence electrons. The Bertz CT molecular complexity index is 599. The van der Waals surface area contributed by atoms with E-state index < -0.39 is 0 Å². The number of hydrogen-bond acceptors (Lipinski definition) is 5. The number of thiazole rings is 1. The lowest BCUT2D eigenvalue weighted by Gasteiger charge is -2.35. The third-order valence-electron chi connectivity index (χ3n) is 5.41. The molecule has 1 unspecified atom stereocenters. The molecule has 0 radical (unpaired) electrons. The van der Waals surface area contributed by atoms with E-state index in [0.29, 0.717) is 12.2 Å². The summed E-state index contributed by atoms with van der Waals surface area (Å²) in [7, 11) is 0. The molecule has 2 aliphatic heterocycles. The van der Waals surface area contributed by atoms with E-state index in [2.05, 4.69) is 29.0 Å². The second kappa shape index (κ2) is 13.8. The Morgan fingerprint density at radius 1 is 1.31 bits per heavy atom. The van der Waals surface area contributed by atoms with Gasteiger partial charge in [0.15, 0.2) is 5.96 Å². The zero-order valence-electron chi connectivity index (χ0n) is 17.9. The molecular weight excluding hydrogens is 499 g/mol. The second-order valence-corrected chi connectivity index (χ2v) is 8.77. The van der Waals surface area contributed by atoms with Crippen LogP contribution in [0.4, 0.5) is 0 Å². The largest absolute Gasteiger partial charge is 0.376 e. The highest BCUT2D eigenvalue weighted by molar-refractivity contribution is 14.0. The van der Waals surface area contributed by atoms with Gasteiger partial charge < -0.3 is 19.7 Å². The number of nitrogens with one attached hydrogen (secondary N) is 1. The van der Waals surface area contributed by atoms with Crippen LogP contribution in [-0.4, -0.2) is 67.4 Å². The Morgan fingerprint density at radius 3 is 2.79 bits per heavy atom. The number of aromatic nitrogens is 1. The number of nitrogens with zero attached hydrogens (tertiary/aromatic N) is 3. The van der Waals surface area contributed by atoms with Crippen molar-refractivity contribution in [2.45, 2.75) is 71.0 Å². The summed E-state index contributed by atoms with van der Waals surface area (Å²) in [5.74, 6) is 1.03. The lowest BCUT2D eigenvalue weighted by molar-refractivity contribution is -0.0721. The zero-order valence-corrected chi connectivity index (χ0v) is 21.0.